The highest BCUT2D eigenvalue weighted by molar-refractivity contribution is 7.94. The van der Waals surface area contributed by atoms with E-state index in [0.717, 1.165) is 16.1 Å². The molecule has 0 saturated heterocycles. The molecule has 0 aliphatic heterocycles. The topological polar surface area (TPSA) is 39.1 Å². The van der Waals surface area contributed by atoms with Crippen molar-refractivity contribution >= 4 is 20.9 Å². The third kappa shape index (κ3) is 3.56. The van der Waals surface area contributed by atoms with Crippen molar-refractivity contribution in [2.24, 2.45) is 0 Å². The second-order valence-electron chi connectivity index (χ2n) is 5.33. The molecule has 0 unspecified atom stereocenters. The van der Waals surface area contributed by atoms with Crippen molar-refractivity contribution in [1.29, 1.82) is 0 Å². The molecule has 2 rings (SSSR count). The van der Waals surface area contributed by atoms with Crippen LogP contribution in [0.25, 0.3) is 10.9 Å². The zero-order valence-corrected chi connectivity index (χ0v) is 14.7. The minimum Gasteiger partial charge on any atom is -0.238 e. The summed E-state index contributed by atoms with van der Waals surface area (Å²) in [7, 11) is -3.96. The number of benzene rings is 1. The van der Waals surface area contributed by atoms with Gasteiger partial charge in [-0.25, -0.2) is 12.4 Å². The van der Waals surface area contributed by atoms with Crippen LogP contribution in [-0.2, 0) is 22.6 Å². The van der Waals surface area contributed by atoms with Crippen molar-refractivity contribution in [1.82, 2.24) is 3.97 Å². The average Bonchev–Trinajstić information content (AvgIpc) is 2.92. The fourth-order valence-electron chi connectivity index (χ4n) is 2.57. The number of fused-ring (bicyclic) bond motifs is 1. The molecule has 0 spiro atoms. The van der Waals surface area contributed by atoms with E-state index in [-0.39, 0.29) is 15.8 Å². The molecule has 3 nitrogen and oxygen atoms in total. The van der Waals surface area contributed by atoms with E-state index in [4.69, 9.17) is 0 Å². The molecule has 0 N–H and O–H groups in total. The van der Waals surface area contributed by atoms with Gasteiger partial charge in [-0.05, 0) is 49.8 Å². The maximum absolute atomic E-state index is 13.0. The van der Waals surface area contributed by atoms with Gasteiger partial charge in [0, 0.05) is 11.1 Å². The number of nitrogens with zero attached hydrogens (tertiary/aromatic N) is 1. The zero-order chi connectivity index (χ0) is 18.8. The summed E-state index contributed by atoms with van der Waals surface area (Å²) < 4.78 is 65.9. The first kappa shape index (κ1) is 19.1. The summed E-state index contributed by atoms with van der Waals surface area (Å²) in [6.07, 6.45) is 1.57. The van der Waals surface area contributed by atoms with Crippen LogP contribution in [0, 0.1) is 0 Å². The van der Waals surface area contributed by atoms with Crippen LogP contribution >= 0.6 is 0 Å². The zero-order valence-electron chi connectivity index (χ0n) is 13.8. The predicted molar refractivity (Wildman–Crippen MR) is 93.7 cm³/mol. The third-order valence-corrected chi connectivity index (χ3v) is 5.45. The van der Waals surface area contributed by atoms with Crippen LogP contribution in [0.15, 0.2) is 60.1 Å². The average molecular weight is 369 g/mol. The van der Waals surface area contributed by atoms with Gasteiger partial charge in [0.15, 0.2) is 0 Å². The van der Waals surface area contributed by atoms with Crippen molar-refractivity contribution in [3.8, 4) is 0 Å². The Hall–Kier alpha value is -2.28. The fourth-order valence-corrected chi connectivity index (χ4v) is 4.27. The molecule has 0 atom stereocenters. The number of rotatable bonds is 5. The normalized spacial score (nSPS) is 13.7. The highest BCUT2D eigenvalue weighted by Gasteiger charge is 2.31. The van der Waals surface area contributed by atoms with Crippen LogP contribution < -0.4 is 0 Å². The molecule has 1 aromatic heterocycles. The molecular weight excluding hydrogens is 351 g/mol. The van der Waals surface area contributed by atoms with Crippen LogP contribution in [0.1, 0.15) is 25.1 Å². The van der Waals surface area contributed by atoms with Gasteiger partial charge in [0.25, 0.3) is 10.0 Å². The number of allylic oxidation sites excluding steroid dienone is 4. The van der Waals surface area contributed by atoms with Crippen LogP contribution in [-0.4, -0.2) is 12.4 Å². The van der Waals surface area contributed by atoms with Crippen LogP contribution in [0.4, 0.5) is 13.2 Å². The minimum absolute atomic E-state index is 0.0112. The summed E-state index contributed by atoms with van der Waals surface area (Å²) in [5.41, 5.74) is -0.189. The Morgan fingerprint density at radius 2 is 1.96 bits per heavy atom. The lowest BCUT2D eigenvalue weighted by molar-refractivity contribution is -0.137. The van der Waals surface area contributed by atoms with E-state index >= 15 is 0 Å². The lowest BCUT2D eigenvalue weighted by Crippen LogP contribution is -2.16. The SMILES string of the molecule is C=C/C=C(\C=C/C)S(=O)(=O)n1c(CC)cc2cc(C(F)(F)F)ccc21. The van der Waals surface area contributed by atoms with Crippen molar-refractivity contribution in [3.63, 3.8) is 0 Å². The standard InChI is InChI=1S/C18H18F3NO2S/c1-4-7-16(8-5-2)25(23,24)22-15(6-3)12-13-11-14(18(19,20)21)9-10-17(13)22/h4-5,7-12H,1,6H2,2-3H3/b8-5-,16-7+. The first-order valence-corrected chi connectivity index (χ1v) is 9.03. The molecule has 0 radical (unpaired) electrons. The Bertz CT molecular complexity index is 964. The van der Waals surface area contributed by atoms with Crippen molar-refractivity contribution in [2.75, 3.05) is 0 Å². The third-order valence-electron chi connectivity index (χ3n) is 3.67. The number of hydrogen-bond acceptors (Lipinski definition) is 2. The highest BCUT2D eigenvalue weighted by atomic mass is 32.2. The van der Waals surface area contributed by atoms with E-state index in [1.165, 1.54) is 30.4 Å². The van der Waals surface area contributed by atoms with E-state index in [2.05, 4.69) is 6.58 Å². The van der Waals surface area contributed by atoms with Gasteiger partial charge in [-0.1, -0.05) is 25.7 Å². The van der Waals surface area contributed by atoms with Crippen LogP contribution in [0.2, 0.25) is 0 Å². The molecule has 0 aliphatic carbocycles. The largest absolute Gasteiger partial charge is 0.416 e. The Balaban J connectivity index is 2.80. The fraction of sp³-hybridized carbons (Fsp3) is 0.222. The summed E-state index contributed by atoms with van der Waals surface area (Å²) in [6, 6.07) is 4.52. The first-order chi connectivity index (χ1) is 11.7. The number of aryl methyl sites for hydroxylation is 1. The maximum Gasteiger partial charge on any atom is 0.416 e. The summed E-state index contributed by atoms with van der Waals surface area (Å²) in [5.74, 6) is 0. The molecule has 0 fully saturated rings. The summed E-state index contributed by atoms with van der Waals surface area (Å²) in [4.78, 5) is 0.0112. The van der Waals surface area contributed by atoms with E-state index in [9.17, 15) is 21.6 Å². The summed E-state index contributed by atoms with van der Waals surface area (Å²) >= 11 is 0. The second kappa shape index (κ2) is 6.92. The van der Waals surface area contributed by atoms with Gasteiger partial charge in [0.2, 0.25) is 0 Å². The summed E-state index contributed by atoms with van der Waals surface area (Å²) in [5, 5.41) is 0.230. The smallest absolute Gasteiger partial charge is 0.238 e. The lowest BCUT2D eigenvalue weighted by atomic mass is 10.1. The predicted octanol–water partition coefficient (Wildman–Crippen LogP) is 5.05. The second-order valence-corrected chi connectivity index (χ2v) is 7.12. The van der Waals surface area contributed by atoms with E-state index < -0.39 is 21.8 Å². The number of hydrogen-bond donors (Lipinski definition) is 0. The molecule has 25 heavy (non-hydrogen) atoms. The molecule has 2 aromatic rings. The van der Waals surface area contributed by atoms with Crippen LogP contribution in [0.3, 0.4) is 0 Å². The molecule has 0 bridgehead atoms. The van der Waals surface area contributed by atoms with E-state index in [0.29, 0.717) is 12.1 Å². The van der Waals surface area contributed by atoms with Gasteiger partial charge < -0.3 is 0 Å². The Morgan fingerprint density at radius 3 is 2.48 bits per heavy atom. The lowest BCUT2D eigenvalue weighted by Gasteiger charge is -2.12. The first-order valence-electron chi connectivity index (χ1n) is 7.59. The van der Waals surface area contributed by atoms with Gasteiger partial charge in [0.05, 0.1) is 16.0 Å². The van der Waals surface area contributed by atoms with Gasteiger partial charge >= 0.3 is 6.18 Å². The molecule has 7 heteroatoms. The minimum atomic E-state index is -4.49. The van der Waals surface area contributed by atoms with Crippen molar-refractivity contribution < 1.29 is 21.6 Å². The molecular formula is C18H18F3NO2S. The number of halogens is 3. The van der Waals surface area contributed by atoms with Gasteiger partial charge in [-0.15, -0.1) is 0 Å². The van der Waals surface area contributed by atoms with Gasteiger partial charge in [-0.2, -0.15) is 13.2 Å². The Labute approximate surface area is 144 Å². The molecule has 0 saturated carbocycles. The molecule has 1 heterocycles. The number of alkyl halides is 3. The molecule has 0 amide bonds. The summed E-state index contributed by atoms with van der Waals surface area (Å²) in [6.45, 7) is 6.94. The van der Waals surface area contributed by atoms with Gasteiger partial charge in [0.1, 0.15) is 0 Å². The molecule has 134 valence electrons. The van der Waals surface area contributed by atoms with Crippen molar-refractivity contribution in [2.45, 2.75) is 26.4 Å². The van der Waals surface area contributed by atoms with Crippen molar-refractivity contribution in [3.05, 3.63) is 71.3 Å². The Morgan fingerprint density at radius 1 is 1.28 bits per heavy atom. The van der Waals surface area contributed by atoms with E-state index in [1.54, 1.807) is 19.9 Å². The van der Waals surface area contributed by atoms with Gasteiger partial charge in [-0.3, -0.25) is 0 Å². The maximum atomic E-state index is 13.0. The highest BCUT2D eigenvalue weighted by Crippen LogP contribution is 2.33. The Kier molecular flexibility index (Phi) is 5.27. The number of aromatic nitrogens is 1. The van der Waals surface area contributed by atoms with Crippen LogP contribution in [0.5, 0.6) is 0 Å². The molecule has 0 aliphatic rings. The monoisotopic (exact) mass is 369 g/mol. The quantitative estimate of drug-likeness (QED) is 0.692. The van der Waals surface area contributed by atoms with E-state index in [1.807, 2.05) is 0 Å². The molecule has 1 aromatic carbocycles.